The number of hydrogen-bond donors (Lipinski definition) is 3. The summed E-state index contributed by atoms with van der Waals surface area (Å²) in [5.74, 6) is -5.95. The minimum absolute atomic E-state index is 0.0383. The van der Waals surface area contributed by atoms with Crippen LogP contribution in [0.15, 0.2) is 17.1 Å². The first kappa shape index (κ1) is 28.5. The van der Waals surface area contributed by atoms with Gasteiger partial charge in [0.25, 0.3) is 29.5 Å². The van der Waals surface area contributed by atoms with Crippen molar-refractivity contribution < 1.29 is 48.0 Å². The van der Waals surface area contributed by atoms with Crippen LogP contribution in [-0.4, -0.2) is 95.6 Å². The fourth-order valence-electron chi connectivity index (χ4n) is 2.86. The van der Waals surface area contributed by atoms with Gasteiger partial charge < -0.3 is 20.8 Å². The van der Waals surface area contributed by atoms with Gasteiger partial charge in [0.1, 0.15) is 0 Å². The molecule has 1 saturated heterocycles. The maximum absolute atomic E-state index is 11.7. The molecular formula is C21H24N6O10. The van der Waals surface area contributed by atoms with Crippen molar-refractivity contribution in [3.05, 3.63) is 12.2 Å². The molecule has 0 saturated carbocycles. The first-order valence-corrected chi connectivity index (χ1v) is 11.0. The Bertz CT molecular complexity index is 1030. The number of amides is 8. The van der Waals surface area contributed by atoms with Gasteiger partial charge in [-0.3, -0.25) is 43.3 Å². The maximum atomic E-state index is 11.7. The Morgan fingerprint density at radius 2 is 1.46 bits per heavy atom. The lowest BCUT2D eigenvalue weighted by Gasteiger charge is -2.12. The van der Waals surface area contributed by atoms with Gasteiger partial charge in [-0.25, -0.2) is 9.79 Å². The van der Waals surface area contributed by atoms with Crippen LogP contribution in [0.5, 0.6) is 0 Å². The lowest BCUT2D eigenvalue weighted by atomic mass is 10.3. The number of imide groups is 2. The molecule has 16 nitrogen and oxygen atoms in total. The molecule has 0 radical (unpaired) electrons. The minimum Gasteiger partial charge on any atom is -0.354 e. The molecule has 0 atom stereocenters. The molecule has 2 aliphatic heterocycles. The maximum Gasteiger partial charge on any atom is 0.334 e. The first-order valence-electron chi connectivity index (χ1n) is 11.0. The molecule has 1 fully saturated rings. The highest BCUT2D eigenvalue weighted by molar-refractivity contribution is 6.28. The van der Waals surface area contributed by atoms with Crippen molar-refractivity contribution in [1.82, 2.24) is 25.9 Å². The molecular weight excluding hydrogens is 496 g/mol. The normalized spacial score (nSPS) is 14.9. The minimum atomic E-state index is -0.898. The van der Waals surface area contributed by atoms with Gasteiger partial charge in [-0.2, -0.15) is 0 Å². The number of nitrogens with zero attached hydrogens (tertiary/aromatic N) is 3. The van der Waals surface area contributed by atoms with Crippen LogP contribution in [0.25, 0.3) is 0 Å². The van der Waals surface area contributed by atoms with Gasteiger partial charge in [0.2, 0.25) is 17.7 Å². The van der Waals surface area contributed by atoms with Crippen molar-refractivity contribution in [2.45, 2.75) is 32.1 Å². The van der Waals surface area contributed by atoms with Gasteiger partial charge in [0, 0.05) is 44.5 Å². The Morgan fingerprint density at radius 3 is 2.11 bits per heavy atom. The van der Waals surface area contributed by atoms with E-state index in [1.165, 1.54) is 0 Å². The Balaban J connectivity index is 1.53. The predicted octanol–water partition coefficient (Wildman–Crippen LogP) is -3.37. The molecule has 0 aliphatic carbocycles. The van der Waals surface area contributed by atoms with E-state index < -0.39 is 66.3 Å². The van der Waals surface area contributed by atoms with Gasteiger partial charge in [-0.15, -0.1) is 5.06 Å². The quantitative estimate of drug-likeness (QED) is 0.162. The molecule has 0 bridgehead atoms. The van der Waals surface area contributed by atoms with E-state index in [0.29, 0.717) is 11.3 Å². The summed E-state index contributed by atoms with van der Waals surface area (Å²) in [4.78, 5) is 113. The second-order valence-electron chi connectivity index (χ2n) is 7.56. The smallest absolute Gasteiger partial charge is 0.334 e. The topological polar surface area (TPSA) is 218 Å². The number of nitrogens with one attached hydrogen (secondary N) is 3. The lowest BCUT2D eigenvalue weighted by Crippen LogP contribution is -2.42. The summed E-state index contributed by atoms with van der Waals surface area (Å²) in [6.07, 6.45) is 2.58. The molecule has 0 aromatic heterocycles. The van der Waals surface area contributed by atoms with E-state index in [0.717, 1.165) is 17.1 Å². The molecule has 0 spiro atoms. The molecule has 0 aromatic rings. The molecule has 8 amide bonds. The first-order chi connectivity index (χ1) is 17.6. The lowest BCUT2D eigenvalue weighted by molar-refractivity contribution is -0.197. The zero-order valence-corrected chi connectivity index (χ0v) is 19.5. The summed E-state index contributed by atoms with van der Waals surface area (Å²) < 4.78 is 0. The predicted molar refractivity (Wildman–Crippen MR) is 119 cm³/mol. The number of hydrogen-bond acceptors (Lipinski definition) is 10. The summed E-state index contributed by atoms with van der Waals surface area (Å²) in [5, 5.41) is 7.09. The molecule has 2 rings (SSSR count). The average Bonchev–Trinajstić information content (AvgIpc) is 3.35. The van der Waals surface area contributed by atoms with Gasteiger partial charge in [-0.1, -0.05) is 0 Å². The summed E-state index contributed by atoms with van der Waals surface area (Å²) >= 11 is 0. The van der Waals surface area contributed by atoms with Gasteiger partial charge in [0.05, 0.1) is 25.7 Å². The number of aliphatic imine (C=N–C) groups is 1. The fourth-order valence-corrected chi connectivity index (χ4v) is 2.86. The number of rotatable bonds is 13. The Kier molecular flexibility index (Phi) is 10.7. The molecule has 2 aliphatic rings. The monoisotopic (exact) mass is 520 g/mol. The van der Waals surface area contributed by atoms with E-state index in [-0.39, 0.29) is 45.2 Å². The Labute approximate surface area is 209 Å². The summed E-state index contributed by atoms with van der Waals surface area (Å²) in [5.41, 5.74) is 0. The van der Waals surface area contributed by atoms with Crippen molar-refractivity contribution in [3.8, 4) is 0 Å². The van der Waals surface area contributed by atoms with Crippen LogP contribution in [0.4, 0.5) is 0 Å². The highest BCUT2D eigenvalue weighted by Crippen LogP contribution is 2.12. The molecule has 0 unspecified atom stereocenters. The number of carbonyl (C=O) groups is 9. The van der Waals surface area contributed by atoms with Crippen molar-refractivity contribution >= 4 is 59.4 Å². The van der Waals surface area contributed by atoms with Crippen molar-refractivity contribution in [2.24, 2.45) is 4.99 Å². The fraction of sp³-hybridized carbons (Fsp3) is 0.429. The molecule has 0 aromatic carbocycles. The second-order valence-corrected chi connectivity index (χ2v) is 7.56. The molecule has 16 heteroatoms. The molecule has 3 N–H and O–H groups in total. The van der Waals surface area contributed by atoms with Crippen molar-refractivity contribution in [3.63, 3.8) is 0 Å². The van der Waals surface area contributed by atoms with Crippen molar-refractivity contribution in [1.29, 1.82) is 0 Å². The van der Waals surface area contributed by atoms with E-state index in [1.807, 2.05) is 0 Å². The van der Waals surface area contributed by atoms with E-state index in [2.05, 4.69) is 25.8 Å². The standard InChI is InChI=1S/C21H24N6O10/c28-13(2-1-9-26-17(32)3-4-18(26)33)23-11-15(30)25-12-16(31)24-10-14(29)22-8-7-21(36)37-27-19(34)5-6-20(27)35/h3-4,11H,1-2,5-10,12H2,(H,22,29)(H,24,31)(H,25,30). The SMILES string of the molecule is O=C(CCCN1C(=O)C=CC1=O)N=CC(=O)NCC(=O)NCC(=O)NCCC(=O)ON1C(=O)CCC1=O. The summed E-state index contributed by atoms with van der Waals surface area (Å²) in [7, 11) is 0. The van der Waals surface area contributed by atoms with E-state index in [9.17, 15) is 43.2 Å². The zero-order valence-electron chi connectivity index (χ0n) is 19.5. The summed E-state index contributed by atoms with van der Waals surface area (Å²) in [6, 6.07) is 0. The van der Waals surface area contributed by atoms with Gasteiger partial charge in [-0.05, 0) is 6.42 Å². The zero-order chi connectivity index (χ0) is 27.4. The molecule has 198 valence electrons. The van der Waals surface area contributed by atoms with E-state index >= 15 is 0 Å². The second kappa shape index (κ2) is 14.0. The molecule has 2 heterocycles. The van der Waals surface area contributed by atoms with Crippen LogP contribution in [0.2, 0.25) is 0 Å². The summed E-state index contributed by atoms with van der Waals surface area (Å²) in [6.45, 7) is -1.11. The van der Waals surface area contributed by atoms with Crippen LogP contribution in [0.3, 0.4) is 0 Å². The van der Waals surface area contributed by atoms with E-state index in [4.69, 9.17) is 0 Å². The highest BCUT2D eigenvalue weighted by Gasteiger charge is 2.32. The third-order valence-electron chi connectivity index (χ3n) is 4.72. The Morgan fingerprint density at radius 1 is 0.865 bits per heavy atom. The number of hydroxylamine groups is 2. The van der Waals surface area contributed by atoms with Crippen LogP contribution < -0.4 is 16.0 Å². The average molecular weight is 520 g/mol. The van der Waals surface area contributed by atoms with Crippen LogP contribution in [0.1, 0.15) is 32.1 Å². The molecule has 37 heavy (non-hydrogen) atoms. The third-order valence-corrected chi connectivity index (χ3v) is 4.72. The van der Waals surface area contributed by atoms with Gasteiger partial charge >= 0.3 is 5.97 Å². The van der Waals surface area contributed by atoms with E-state index in [1.54, 1.807) is 0 Å². The van der Waals surface area contributed by atoms with Crippen LogP contribution in [-0.2, 0) is 48.0 Å². The number of carbonyl (C=O) groups excluding carboxylic acids is 9. The van der Waals surface area contributed by atoms with Crippen molar-refractivity contribution in [2.75, 3.05) is 26.2 Å². The van der Waals surface area contributed by atoms with Crippen LogP contribution >= 0.6 is 0 Å². The Hall–Kier alpha value is -4.76. The van der Waals surface area contributed by atoms with Gasteiger partial charge in [0.15, 0.2) is 0 Å². The van der Waals surface area contributed by atoms with Crippen LogP contribution in [0, 0.1) is 0 Å². The largest absolute Gasteiger partial charge is 0.354 e. The third kappa shape index (κ3) is 9.79. The highest BCUT2D eigenvalue weighted by atomic mass is 16.7.